The summed E-state index contributed by atoms with van der Waals surface area (Å²) in [6.45, 7) is 7.01. The molecule has 0 aliphatic heterocycles. The lowest BCUT2D eigenvalue weighted by Gasteiger charge is -2.15. The lowest BCUT2D eigenvalue weighted by molar-refractivity contribution is 0.783. The van der Waals surface area contributed by atoms with Crippen molar-refractivity contribution in [1.29, 1.82) is 0 Å². The maximum absolute atomic E-state index is 4.47. The summed E-state index contributed by atoms with van der Waals surface area (Å²) < 4.78 is 0. The molecule has 20 heavy (non-hydrogen) atoms. The molecule has 0 saturated heterocycles. The van der Waals surface area contributed by atoms with Crippen LogP contribution < -0.4 is 10.6 Å². The lowest BCUT2D eigenvalue weighted by Crippen LogP contribution is -2.19. The Morgan fingerprint density at radius 1 is 1.15 bits per heavy atom. The van der Waals surface area contributed by atoms with E-state index in [1.807, 2.05) is 26.0 Å². The summed E-state index contributed by atoms with van der Waals surface area (Å²) in [5.74, 6) is 1.55. The third-order valence-electron chi connectivity index (χ3n) is 2.97. The van der Waals surface area contributed by atoms with Gasteiger partial charge in [-0.25, -0.2) is 4.98 Å². The minimum Gasteiger partial charge on any atom is -0.367 e. The van der Waals surface area contributed by atoms with Gasteiger partial charge in [-0.1, -0.05) is 30.3 Å². The number of aromatic nitrogens is 2. The van der Waals surface area contributed by atoms with Crippen LogP contribution in [0.4, 0.5) is 11.8 Å². The smallest absolute Gasteiger partial charge is 0.224 e. The van der Waals surface area contributed by atoms with E-state index in [2.05, 4.69) is 51.8 Å². The van der Waals surface area contributed by atoms with Crippen LogP contribution in [-0.2, 0) is 6.42 Å². The fourth-order valence-electron chi connectivity index (χ4n) is 2.15. The molecular weight excluding hydrogens is 248 g/mol. The highest BCUT2D eigenvalue weighted by molar-refractivity contribution is 5.43. The summed E-state index contributed by atoms with van der Waals surface area (Å²) in [6.07, 6.45) is 0.973. The molecule has 2 rings (SSSR count). The fraction of sp³-hybridized carbons (Fsp3) is 0.375. The first-order valence-corrected chi connectivity index (χ1v) is 7.07. The standard InChI is InChI=1S/C16H22N4/c1-4-17-16-19-13(3)11-15(20-16)18-12(2)10-14-8-6-5-7-9-14/h5-9,11-12H,4,10H2,1-3H3,(H2,17,18,19,20). The second-order valence-electron chi connectivity index (χ2n) is 4.98. The zero-order chi connectivity index (χ0) is 14.4. The number of rotatable bonds is 6. The van der Waals surface area contributed by atoms with E-state index in [-0.39, 0.29) is 0 Å². The van der Waals surface area contributed by atoms with E-state index in [1.54, 1.807) is 0 Å². The number of nitrogens with one attached hydrogen (secondary N) is 2. The number of anilines is 2. The van der Waals surface area contributed by atoms with Gasteiger partial charge < -0.3 is 10.6 Å². The Morgan fingerprint density at radius 3 is 2.60 bits per heavy atom. The maximum atomic E-state index is 4.47. The zero-order valence-electron chi connectivity index (χ0n) is 12.4. The minimum absolute atomic E-state index is 0.321. The summed E-state index contributed by atoms with van der Waals surface area (Å²) in [6, 6.07) is 12.8. The molecule has 1 aromatic heterocycles. The molecule has 0 aliphatic carbocycles. The van der Waals surface area contributed by atoms with Crippen molar-refractivity contribution >= 4 is 11.8 Å². The molecule has 0 spiro atoms. The molecule has 0 radical (unpaired) electrons. The number of aryl methyl sites for hydroxylation is 1. The highest BCUT2D eigenvalue weighted by Crippen LogP contribution is 2.12. The number of nitrogens with zero attached hydrogens (tertiary/aromatic N) is 2. The van der Waals surface area contributed by atoms with Crippen molar-refractivity contribution in [3.8, 4) is 0 Å². The molecule has 2 aromatic rings. The number of hydrogen-bond acceptors (Lipinski definition) is 4. The van der Waals surface area contributed by atoms with Crippen LogP contribution in [0.1, 0.15) is 25.1 Å². The van der Waals surface area contributed by atoms with Gasteiger partial charge in [0.15, 0.2) is 0 Å². The van der Waals surface area contributed by atoms with E-state index in [0.29, 0.717) is 12.0 Å². The average Bonchev–Trinajstić information content (AvgIpc) is 2.39. The maximum Gasteiger partial charge on any atom is 0.224 e. The molecule has 0 amide bonds. The molecule has 0 saturated carbocycles. The first-order valence-electron chi connectivity index (χ1n) is 7.07. The topological polar surface area (TPSA) is 49.8 Å². The first kappa shape index (κ1) is 14.3. The van der Waals surface area contributed by atoms with Crippen LogP contribution in [-0.4, -0.2) is 22.6 Å². The largest absolute Gasteiger partial charge is 0.367 e. The molecule has 1 unspecified atom stereocenters. The van der Waals surface area contributed by atoms with E-state index < -0.39 is 0 Å². The van der Waals surface area contributed by atoms with E-state index in [9.17, 15) is 0 Å². The van der Waals surface area contributed by atoms with Crippen molar-refractivity contribution in [1.82, 2.24) is 9.97 Å². The molecule has 1 heterocycles. The van der Waals surface area contributed by atoms with Gasteiger partial charge in [-0.05, 0) is 32.8 Å². The normalized spacial score (nSPS) is 11.9. The summed E-state index contributed by atoms with van der Waals surface area (Å²) in [5.41, 5.74) is 2.29. The molecule has 1 aromatic carbocycles. The van der Waals surface area contributed by atoms with E-state index >= 15 is 0 Å². The van der Waals surface area contributed by atoms with E-state index in [1.165, 1.54) is 5.56 Å². The Bertz CT molecular complexity index is 539. The van der Waals surface area contributed by atoms with Crippen LogP contribution in [0, 0.1) is 6.92 Å². The third-order valence-corrected chi connectivity index (χ3v) is 2.97. The van der Waals surface area contributed by atoms with Gasteiger partial charge in [0, 0.05) is 24.3 Å². The zero-order valence-corrected chi connectivity index (χ0v) is 12.4. The summed E-state index contributed by atoms with van der Waals surface area (Å²) >= 11 is 0. The van der Waals surface area contributed by atoms with Gasteiger partial charge >= 0.3 is 0 Å². The monoisotopic (exact) mass is 270 g/mol. The van der Waals surface area contributed by atoms with Gasteiger partial charge in [0.2, 0.25) is 5.95 Å². The first-order chi connectivity index (χ1) is 9.67. The molecule has 0 aliphatic rings. The predicted molar refractivity (Wildman–Crippen MR) is 84.2 cm³/mol. The Labute approximate surface area is 120 Å². The summed E-state index contributed by atoms with van der Waals surface area (Å²) in [7, 11) is 0. The molecule has 106 valence electrons. The minimum atomic E-state index is 0.321. The van der Waals surface area contributed by atoms with Crippen molar-refractivity contribution in [2.45, 2.75) is 33.2 Å². The Morgan fingerprint density at radius 2 is 1.90 bits per heavy atom. The van der Waals surface area contributed by atoms with E-state index in [4.69, 9.17) is 0 Å². The molecule has 0 bridgehead atoms. The number of benzene rings is 1. The van der Waals surface area contributed by atoms with Gasteiger partial charge in [-0.2, -0.15) is 4.98 Å². The van der Waals surface area contributed by atoms with Gasteiger partial charge in [-0.15, -0.1) is 0 Å². The van der Waals surface area contributed by atoms with Gasteiger partial charge in [0.25, 0.3) is 0 Å². The molecule has 4 nitrogen and oxygen atoms in total. The van der Waals surface area contributed by atoms with Crippen molar-refractivity contribution in [3.63, 3.8) is 0 Å². The predicted octanol–water partition coefficient (Wildman–Crippen LogP) is 3.26. The highest BCUT2D eigenvalue weighted by atomic mass is 15.1. The van der Waals surface area contributed by atoms with Gasteiger partial charge in [0.1, 0.15) is 5.82 Å². The van der Waals surface area contributed by atoms with E-state index in [0.717, 1.165) is 24.5 Å². The quantitative estimate of drug-likeness (QED) is 0.846. The van der Waals surface area contributed by atoms with Gasteiger partial charge in [0.05, 0.1) is 0 Å². The van der Waals surface area contributed by atoms with Crippen LogP contribution in [0.3, 0.4) is 0 Å². The van der Waals surface area contributed by atoms with Crippen molar-refractivity contribution in [2.75, 3.05) is 17.2 Å². The number of hydrogen-bond donors (Lipinski definition) is 2. The Balaban J connectivity index is 2.02. The van der Waals surface area contributed by atoms with Crippen LogP contribution >= 0.6 is 0 Å². The molecule has 1 atom stereocenters. The molecular formula is C16H22N4. The van der Waals surface area contributed by atoms with Crippen molar-refractivity contribution in [3.05, 3.63) is 47.7 Å². The van der Waals surface area contributed by atoms with Crippen LogP contribution in [0.15, 0.2) is 36.4 Å². The van der Waals surface area contributed by atoms with Gasteiger partial charge in [-0.3, -0.25) is 0 Å². The molecule has 4 heteroatoms. The van der Waals surface area contributed by atoms with Crippen molar-refractivity contribution < 1.29 is 0 Å². The lowest BCUT2D eigenvalue weighted by atomic mass is 10.1. The van der Waals surface area contributed by atoms with Crippen LogP contribution in [0.25, 0.3) is 0 Å². The van der Waals surface area contributed by atoms with Crippen molar-refractivity contribution in [2.24, 2.45) is 0 Å². The third kappa shape index (κ3) is 4.23. The van der Waals surface area contributed by atoms with Crippen LogP contribution in [0.5, 0.6) is 0 Å². The van der Waals surface area contributed by atoms with Crippen LogP contribution in [0.2, 0.25) is 0 Å². The summed E-state index contributed by atoms with van der Waals surface area (Å²) in [4.78, 5) is 8.82. The molecule has 0 fully saturated rings. The average molecular weight is 270 g/mol. The SMILES string of the molecule is CCNc1nc(C)cc(NC(C)Cc2ccccc2)n1. The second-order valence-corrected chi connectivity index (χ2v) is 4.98. The Hall–Kier alpha value is -2.10. The highest BCUT2D eigenvalue weighted by Gasteiger charge is 2.06. The fourth-order valence-corrected chi connectivity index (χ4v) is 2.15. The Kier molecular flexibility index (Phi) is 4.93. The summed E-state index contributed by atoms with van der Waals surface area (Å²) in [5, 5.41) is 6.59. The molecule has 2 N–H and O–H groups in total. The second kappa shape index (κ2) is 6.89.